The maximum atomic E-state index is 12.2. The van der Waals surface area contributed by atoms with Crippen LogP contribution in [0.25, 0.3) is 0 Å². The number of anilines is 1. The molecule has 0 aliphatic carbocycles. The van der Waals surface area contributed by atoms with E-state index >= 15 is 0 Å². The summed E-state index contributed by atoms with van der Waals surface area (Å²) in [6.07, 6.45) is 0. The number of carbonyl (C=O) groups excluding carboxylic acids is 2. The molecule has 21 heavy (non-hydrogen) atoms. The lowest BCUT2D eigenvalue weighted by Crippen LogP contribution is -2.14. The fourth-order valence-corrected chi connectivity index (χ4v) is 3.62. The number of ether oxygens (including phenoxy) is 1. The molecule has 0 aliphatic heterocycles. The Bertz CT molecular complexity index is 693. The van der Waals surface area contributed by atoms with Gasteiger partial charge < -0.3 is 10.1 Å². The van der Waals surface area contributed by atoms with Crippen molar-refractivity contribution in [3.63, 3.8) is 0 Å². The summed E-state index contributed by atoms with van der Waals surface area (Å²) >= 11 is 7.99. The van der Waals surface area contributed by atoms with Crippen LogP contribution >= 0.6 is 43.2 Å². The average Bonchev–Trinajstić information content (AvgIpc) is 2.80. The number of aryl methyl sites for hydroxylation is 1. The Morgan fingerprint density at radius 3 is 2.52 bits per heavy atom. The molecule has 1 heterocycles. The smallest absolute Gasteiger partial charge is 0.339 e. The number of halogens is 2. The first-order valence-electron chi connectivity index (χ1n) is 5.87. The maximum Gasteiger partial charge on any atom is 0.339 e. The number of methoxy groups -OCH3 is 1. The van der Waals surface area contributed by atoms with Crippen molar-refractivity contribution in [2.45, 2.75) is 6.92 Å². The second-order valence-electron chi connectivity index (χ2n) is 4.23. The van der Waals surface area contributed by atoms with Crippen molar-refractivity contribution in [1.29, 1.82) is 0 Å². The Labute approximate surface area is 142 Å². The van der Waals surface area contributed by atoms with E-state index in [-0.39, 0.29) is 5.91 Å². The lowest BCUT2D eigenvalue weighted by molar-refractivity contribution is 0.0602. The number of thiophene rings is 1. The summed E-state index contributed by atoms with van der Waals surface area (Å²) in [5, 5.41) is 2.74. The van der Waals surface area contributed by atoms with E-state index in [4.69, 9.17) is 4.74 Å². The van der Waals surface area contributed by atoms with E-state index in [1.165, 1.54) is 18.4 Å². The molecule has 0 unspecified atom stereocenters. The van der Waals surface area contributed by atoms with Crippen molar-refractivity contribution in [1.82, 2.24) is 0 Å². The van der Waals surface area contributed by atoms with Crippen LogP contribution in [0.3, 0.4) is 0 Å². The number of carbonyl (C=O) groups is 2. The van der Waals surface area contributed by atoms with Crippen LogP contribution in [0.2, 0.25) is 0 Å². The van der Waals surface area contributed by atoms with Crippen molar-refractivity contribution < 1.29 is 14.3 Å². The molecule has 4 nitrogen and oxygen atoms in total. The van der Waals surface area contributed by atoms with Gasteiger partial charge in [0.25, 0.3) is 5.91 Å². The van der Waals surface area contributed by atoms with Crippen LogP contribution in [0.5, 0.6) is 0 Å². The van der Waals surface area contributed by atoms with Crippen molar-refractivity contribution in [3.8, 4) is 0 Å². The molecule has 2 aromatic rings. The molecule has 2 rings (SSSR count). The minimum Gasteiger partial charge on any atom is -0.465 e. The standard InChI is InChI=1S/C14H11Br2NO3S/c1-7-3-4-10(8(5-7)14(19)20-2)17-13(18)11-6-9(15)12(16)21-11/h3-6H,1-2H3,(H,17,18). The molecule has 0 atom stereocenters. The fraction of sp³-hybridized carbons (Fsp3) is 0.143. The number of benzene rings is 1. The van der Waals surface area contributed by atoms with Gasteiger partial charge in [-0.25, -0.2) is 4.79 Å². The Balaban J connectivity index is 2.30. The second-order valence-corrected chi connectivity index (χ2v) is 7.45. The normalized spacial score (nSPS) is 10.3. The van der Waals surface area contributed by atoms with Crippen LogP contribution in [-0.4, -0.2) is 19.0 Å². The van der Waals surface area contributed by atoms with E-state index in [2.05, 4.69) is 37.2 Å². The minimum atomic E-state index is -0.484. The summed E-state index contributed by atoms with van der Waals surface area (Å²) < 4.78 is 6.39. The third kappa shape index (κ3) is 3.72. The first kappa shape index (κ1) is 16.2. The van der Waals surface area contributed by atoms with Gasteiger partial charge in [-0.05, 0) is 57.0 Å². The number of hydrogen-bond donors (Lipinski definition) is 1. The zero-order chi connectivity index (χ0) is 15.6. The number of hydrogen-bond acceptors (Lipinski definition) is 4. The number of rotatable bonds is 3. The first-order chi connectivity index (χ1) is 9.92. The molecule has 7 heteroatoms. The van der Waals surface area contributed by atoms with Crippen molar-refractivity contribution in [2.24, 2.45) is 0 Å². The molecule has 1 aromatic heterocycles. The second kappa shape index (κ2) is 6.72. The zero-order valence-electron chi connectivity index (χ0n) is 11.2. The molecule has 0 aliphatic rings. The van der Waals surface area contributed by atoms with E-state index < -0.39 is 5.97 Å². The van der Waals surface area contributed by atoms with E-state index in [0.717, 1.165) is 13.8 Å². The fourth-order valence-electron chi connectivity index (χ4n) is 1.69. The van der Waals surface area contributed by atoms with Gasteiger partial charge >= 0.3 is 5.97 Å². The van der Waals surface area contributed by atoms with Gasteiger partial charge in [-0.3, -0.25) is 4.79 Å². The molecule has 0 fully saturated rings. The molecule has 110 valence electrons. The molecule has 0 saturated carbocycles. The van der Waals surface area contributed by atoms with Gasteiger partial charge in [0.1, 0.15) is 0 Å². The van der Waals surface area contributed by atoms with E-state index in [9.17, 15) is 9.59 Å². The molecular weight excluding hydrogens is 422 g/mol. The van der Waals surface area contributed by atoms with Gasteiger partial charge in [-0.15, -0.1) is 11.3 Å². The minimum absolute atomic E-state index is 0.277. The summed E-state index contributed by atoms with van der Waals surface area (Å²) in [4.78, 5) is 24.5. The number of amides is 1. The Kier molecular flexibility index (Phi) is 5.18. The predicted molar refractivity (Wildman–Crippen MR) is 90.2 cm³/mol. The van der Waals surface area contributed by atoms with Gasteiger partial charge in [-0.1, -0.05) is 11.6 Å². The molecule has 1 amide bonds. The van der Waals surface area contributed by atoms with E-state index in [0.29, 0.717) is 16.1 Å². The average molecular weight is 433 g/mol. The molecule has 0 saturated heterocycles. The van der Waals surface area contributed by atoms with Crippen molar-refractivity contribution in [3.05, 3.63) is 48.5 Å². The van der Waals surface area contributed by atoms with Crippen LogP contribution in [0, 0.1) is 6.92 Å². The highest BCUT2D eigenvalue weighted by atomic mass is 79.9. The first-order valence-corrected chi connectivity index (χ1v) is 8.27. The number of nitrogens with one attached hydrogen (secondary N) is 1. The van der Waals surface area contributed by atoms with Crippen LogP contribution in [0.1, 0.15) is 25.6 Å². The third-order valence-electron chi connectivity index (χ3n) is 2.70. The van der Waals surface area contributed by atoms with E-state index in [1.807, 2.05) is 13.0 Å². The molecule has 0 bridgehead atoms. The summed E-state index contributed by atoms with van der Waals surface area (Å²) in [5.74, 6) is -0.761. The Morgan fingerprint density at radius 2 is 1.95 bits per heavy atom. The monoisotopic (exact) mass is 431 g/mol. The highest BCUT2D eigenvalue weighted by molar-refractivity contribution is 9.13. The van der Waals surface area contributed by atoms with Gasteiger partial charge in [0.15, 0.2) is 0 Å². The third-order valence-corrected chi connectivity index (χ3v) is 5.95. The topological polar surface area (TPSA) is 55.4 Å². The molecule has 1 aromatic carbocycles. The van der Waals surface area contributed by atoms with Gasteiger partial charge in [-0.2, -0.15) is 0 Å². The number of esters is 1. The summed E-state index contributed by atoms with van der Waals surface area (Å²) in [6.45, 7) is 1.87. The summed E-state index contributed by atoms with van der Waals surface area (Å²) in [7, 11) is 1.31. The molecule has 0 radical (unpaired) electrons. The van der Waals surface area contributed by atoms with Crippen LogP contribution in [0.4, 0.5) is 5.69 Å². The molecular formula is C14H11Br2NO3S. The SMILES string of the molecule is COC(=O)c1cc(C)ccc1NC(=O)c1cc(Br)c(Br)s1. The van der Waals surface area contributed by atoms with Crippen LogP contribution < -0.4 is 5.32 Å². The predicted octanol–water partition coefficient (Wildman–Crippen LogP) is 4.62. The van der Waals surface area contributed by atoms with Crippen LogP contribution in [-0.2, 0) is 4.74 Å². The van der Waals surface area contributed by atoms with Gasteiger partial charge in [0.05, 0.1) is 27.0 Å². The van der Waals surface area contributed by atoms with Crippen molar-refractivity contribution in [2.75, 3.05) is 12.4 Å². The highest BCUT2D eigenvalue weighted by Gasteiger charge is 2.17. The lowest BCUT2D eigenvalue weighted by Gasteiger charge is -2.09. The lowest BCUT2D eigenvalue weighted by atomic mass is 10.1. The Morgan fingerprint density at radius 1 is 1.24 bits per heavy atom. The largest absolute Gasteiger partial charge is 0.465 e. The van der Waals surface area contributed by atoms with Gasteiger partial charge in [0.2, 0.25) is 0 Å². The van der Waals surface area contributed by atoms with Crippen molar-refractivity contribution >= 4 is 60.8 Å². The highest BCUT2D eigenvalue weighted by Crippen LogP contribution is 2.33. The molecule has 1 N–H and O–H groups in total. The molecule has 0 spiro atoms. The van der Waals surface area contributed by atoms with Gasteiger partial charge in [0, 0.05) is 4.47 Å². The summed E-state index contributed by atoms with van der Waals surface area (Å²) in [6, 6.07) is 6.91. The maximum absolute atomic E-state index is 12.2. The zero-order valence-corrected chi connectivity index (χ0v) is 15.2. The quantitative estimate of drug-likeness (QED) is 0.720. The van der Waals surface area contributed by atoms with E-state index in [1.54, 1.807) is 18.2 Å². The summed E-state index contributed by atoms with van der Waals surface area (Å²) in [5.41, 5.74) is 1.67. The van der Waals surface area contributed by atoms with Crippen LogP contribution in [0.15, 0.2) is 32.5 Å². The Hall–Kier alpha value is -1.18.